The number of aromatic hydroxyl groups is 1. The van der Waals surface area contributed by atoms with Crippen molar-refractivity contribution in [1.82, 2.24) is 24.5 Å². The van der Waals surface area contributed by atoms with E-state index in [1.807, 2.05) is 47.9 Å². The Morgan fingerprint density at radius 2 is 1.84 bits per heavy atom. The van der Waals surface area contributed by atoms with Gasteiger partial charge in [-0.1, -0.05) is 35.9 Å². The van der Waals surface area contributed by atoms with Gasteiger partial charge >= 0.3 is 0 Å². The summed E-state index contributed by atoms with van der Waals surface area (Å²) in [5.74, 6) is 0.669. The van der Waals surface area contributed by atoms with Crippen LogP contribution >= 0.6 is 0 Å². The van der Waals surface area contributed by atoms with Crippen LogP contribution in [0.4, 0.5) is 10.2 Å². The molecule has 1 aliphatic rings. The highest BCUT2D eigenvalue weighted by Gasteiger charge is 2.36. The van der Waals surface area contributed by atoms with Crippen LogP contribution in [-0.2, 0) is 12.0 Å². The van der Waals surface area contributed by atoms with Crippen molar-refractivity contribution < 1.29 is 14.2 Å². The summed E-state index contributed by atoms with van der Waals surface area (Å²) < 4.78 is 21.7. The van der Waals surface area contributed by atoms with Crippen molar-refractivity contribution in [1.29, 1.82) is 0 Å². The fraction of sp³-hybridized carbons (Fsp3) is 0.241. The van der Waals surface area contributed by atoms with Crippen LogP contribution in [0.25, 0.3) is 33.7 Å². The van der Waals surface area contributed by atoms with Crippen molar-refractivity contribution in [2.75, 3.05) is 18.5 Å². The lowest BCUT2D eigenvalue weighted by Gasteiger charge is -2.18. The van der Waals surface area contributed by atoms with Crippen LogP contribution < -0.4 is 10.1 Å². The second kappa shape index (κ2) is 9.09. The number of hydrogen-bond donors (Lipinski definition) is 2. The predicted octanol–water partition coefficient (Wildman–Crippen LogP) is 5.49. The first kappa shape index (κ1) is 23.8. The zero-order valence-electron chi connectivity index (χ0n) is 21.4. The van der Waals surface area contributed by atoms with E-state index in [-0.39, 0.29) is 11.3 Å². The molecule has 0 amide bonds. The fourth-order valence-electron chi connectivity index (χ4n) is 4.70. The summed E-state index contributed by atoms with van der Waals surface area (Å²) in [5.41, 5.74) is 5.31. The van der Waals surface area contributed by atoms with Gasteiger partial charge in [-0.05, 0) is 56.5 Å². The Labute approximate surface area is 219 Å². The Balaban J connectivity index is 1.32. The highest BCUT2D eigenvalue weighted by molar-refractivity contribution is 5.86. The first-order valence-corrected chi connectivity index (χ1v) is 12.5. The van der Waals surface area contributed by atoms with Gasteiger partial charge in [0.25, 0.3) is 6.01 Å². The van der Waals surface area contributed by atoms with Crippen LogP contribution in [0.15, 0.2) is 60.9 Å². The molecule has 1 aliphatic heterocycles. The largest absolute Gasteiger partial charge is 0.507 e. The number of rotatable bonds is 6. The molecule has 0 fully saturated rings. The summed E-state index contributed by atoms with van der Waals surface area (Å²) in [5, 5.41) is 13.8. The predicted molar refractivity (Wildman–Crippen MR) is 144 cm³/mol. The number of aryl methyl sites for hydroxylation is 1. The molecule has 0 saturated heterocycles. The monoisotopic (exact) mass is 510 g/mol. The van der Waals surface area contributed by atoms with Gasteiger partial charge in [0.15, 0.2) is 22.8 Å². The Kier molecular flexibility index (Phi) is 5.71. The van der Waals surface area contributed by atoms with Gasteiger partial charge in [0.05, 0.1) is 11.7 Å². The van der Waals surface area contributed by atoms with Gasteiger partial charge in [-0.2, -0.15) is 4.98 Å². The number of fused-ring (bicyclic) bond motifs is 3. The Bertz CT molecular complexity index is 1660. The molecule has 9 heteroatoms. The number of ether oxygens (including phenoxy) is 1. The topological polar surface area (TPSA) is 98.0 Å². The van der Waals surface area contributed by atoms with E-state index in [0.29, 0.717) is 54.0 Å². The molecule has 5 aromatic rings. The van der Waals surface area contributed by atoms with Crippen molar-refractivity contribution in [2.24, 2.45) is 0 Å². The minimum atomic E-state index is -0.459. The summed E-state index contributed by atoms with van der Waals surface area (Å²) in [6.45, 7) is 7.18. The van der Waals surface area contributed by atoms with Crippen molar-refractivity contribution in [2.45, 2.75) is 32.7 Å². The van der Waals surface area contributed by atoms with Crippen molar-refractivity contribution >= 4 is 17.0 Å². The number of halogens is 1. The third-order valence-corrected chi connectivity index (χ3v) is 6.73. The van der Waals surface area contributed by atoms with E-state index in [4.69, 9.17) is 14.7 Å². The SMILES string of the molecule is Cc1ccc(-c2cc(CCNc3nc(-c4cncc(F)c4)nc4c3nc3n4C(C)(C)CO3)ccc2O)cc1. The Hall–Kier alpha value is -4.53. The molecule has 4 heterocycles. The molecule has 0 aliphatic carbocycles. The molecule has 2 aromatic carbocycles. The lowest BCUT2D eigenvalue weighted by atomic mass is 10.00. The van der Waals surface area contributed by atoms with Crippen LogP contribution in [0.2, 0.25) is 0 Å². The van der Waals surface area contributed by atoms with E-state index in [0.717, 1.165) is 28.5 Å². The first-order chi connectivity index (χ1) is 18.3. The van der Waals surface area contributed by atoms with E-state index in [1.54, 1.807) is 12.3 Å². The van der Waals surface area contributed by atoms with Crippen molar-refractivity contribution in [3.63, 3.8) is 0 Å². The number of hydrogen-bond acceptors (Lipinski definition) is 7. The molecule has 2 N–H and O–H groups in total. The molecule has 0 saturated carbocycles. The number of phenolic OH excluding ortho intramolecular Hbond substituents is 1. The average molecular weight is 511 g/mol. The maximum atomic E-state index is 14.0. The summed E-state index contributed by atoms with van der Waals surface area (Å²) in [6.07, 6.45) is 3.37. The van der Waals surface area contributed by atoms with Crippen LogP contribution in [-0.4, -0.2) is 42.8 Å². The third kappa shape index (κ3) is 4.30. The zero-order chi connectivity index (χ0) is 26.4. The third-order valence-electron chi connectivity index (χ3n) is 6.73. The van der Waals surface area contributed by atoms with Gasteiger partial charge in [-0.15, -0.1) is 0 Å². The van der Waals surface area contributed by atoms with Gasteiger partial charge < -0.3 is 15.2 Å². The lowest BCUT2D eigenvalue weighted by molar-refractivity contribution is 0.268. The molecule has 0 radical (unpaired) electrons. The standard InChI is InChI=1S/C29H27FN6O2/c1-17-4-7-19(8-5-17)22-12-18(6-9-23(22)37)10-11-32-26-24-27(36-28(33-24)38-16-29(36,2)3)35-25(34-26)20-13-21(30)15-31-14-20/h4-9,12-15,37H,10-11,16H2,1-3H3,(H,32,34,35). The number of anilines is 1. The molecule has 192 valence electrons. The van der Waals surface area contributed by atoms with Crippen LogP contribution in [0.3, 0.4) is 0 Å². The van der Waals surface area contributed by atoms with Crippen LogP contribution in [0.1, 0.15) is 25.0 Å². The van der Waals surface area contributed by atoms with Crippen molar-refractivity contribution in [3.8, 4) is 34.3 Å². The lowest BCUT2D eigenvalue weighted by Crippen LogP contribution is -2.25. The van der Waals surface area contributed by atoms with E-state index < -0.39 is 5.82 Å². The minimum Gasteiger partial charge on any atom is -0.507 e. The zero-order valence-corrected chi connectivity index (χ0v) is 21.4. The molecule has 0 bridgehead atoms. The Morgan fingerprint density at radius 3 is 2.63 bits per heavy atom. The van der Waals surface area contributed by atoms with E-state index >= 15 is 0 Å². The van der Waals surface area contributed by atoms with E-state index in [2.05, 4.69) is 29.1 Å². The van der Waals surface area contributed by atoms with Gasteiger partial charge in [-0.3, -0.25) is 9.55 Å². The van der Waals surface area contributed by atoms with E-state index in [9.17, 15) is 9.50 Å². The van der Waals surface area contributed by atoms with Gasteiger partial charge in [0.1, 0.15) is 18.2 Å². The molecule has 6 rings (SSSR count). The average Bonchev–Trinajstić information content (AvgIpc) is 3.42. The molecule has 3 aromatic heterocycles. The quantitative estimate of drug-likeness (QED) is 0.312. The van der Waals surface area contributed by atoms with Crippen molar-refractivity contribution in [3.05, 3.63) is 77.9 Å². The van der Waals surface area contributed by atoms with E-state index in [1.165, 1.54) is 6.07 Å². The first-order valence-electron chi connectivity index (χ1n) is 12.5. The van der Waals surface area contributed by atoms with Gasteiger partial charge in [-0.25, -0.2) is 14.4 Å². The second-order valence-electron chi connectivity index (χ2n) is 10.2. The number of aromatic nitrogens is 5. The normalized spacial score (nSPS) is 13.9. The van der Waals surface area contributed by atoms with Gasteiger partial charge in [0, 0.05) is 23.9 Å². The molecule has 0 atom stereocenters. The number of phenols is 1. The minimum absolute atomic E-state index is 0.242. The molecule has 8 nitrogen and oxygen atoms in total. The van der Waals surface area contributed by atoms with Crippen LogP contribution in [0, 0.1) is 12.7 Å². The number of benzene rings is 2. The van der Waals surface area contributed by atoms with Gasteiger partial charge in [0.2, 0.25) is 0 Å². The smallest absolute Gasteiger partial charge is 0.299 e. The summed E-state index contributed by atoms with van der Waals surface area (Å²) in [7, 11) is 0. The fourth-order valence-corrected chi connectivity index (χ4v) is 4.70. The maximum absolute atomic E-state index is 14.0. The molecular formula is C29H27FN6O2. The Morgan fingerprint density at radius 1 is 1.03 bits per heavy atom. The summed E-state index contributed by atoms with van der Waals surface area (Å²) in [6, 6.07) is 15.6. The highest BCUT2D eigenvalue weighted by atomic mass is 19.1. The molecule has 38 heavy (non-hydrogen) atoms. The number of imidazole rings is 1. The number of nitrogens with zero attached hydrogens (tertiary/aromatic N) is 5. The second-order valence-corrected chi connectivity index (χ2v) is 10.2. The van der Waals surface area contributed by atoms with Crippen LogP contribution in [0.5, 0.6) is 11.8 Å². The molecule has 0 spiro atoms. The summed E-state index contributed by atoms with van der Waals surface area (Å²) in [4.78, 5) is 18.1. The molecular weight excluding hydrogens is 483 g/mol. The number of nitrogens with one attached hydrogen (secondary N) is 1. The molecule has 0 unspecified atom stereocenters. The number of pyridine rings is 1. The highest BCUT2D eigenvalue weighted by Crippen LogP contribution is 2.37. The summed E-state index contributed by atoms with van der Waals surface area (Å²) >= 11 is 0. The maximum Gasteiger partial charge on any atom is 0.299 e.